The first-order valence-electron chi connectivity index (χ1n) is 10.00. The fourth-order valence-corrected chi connectivity index (χ4v) is 4.00. The number of ether oxygens (including phenoxy) is 1. The molecule has 2 amide bonds. The van der Waals surface area contributed by atoms with Crippen molar-refractivity contribution in [2.75, 3.05) is 39.3 Å². The van der Waals surface area contributed by atoms with Crippen molar-refractivity contribution in [1.29, 1.82) is 0 Å². The van der Waals surface area contributed by atoms with Gasteiger partial charge in [-0.05, 0) is 45.4 Å². The molecule has 3 rings (SSSR count). The van der Waals surface area contributed by atoms with Crippen molar-refractivity contribution in [3.05, 3.63) is 35.1 Å². The SMILES string of the molecule is Cc1ccc(C(=O)N2CCN(C(C)C(=O)N3CC(C)OC(C)C3)CC2)cc1F. The fourth-order valence-electron chi connectivity index (χ4n) is 4.00. The standard InChI is InChI=1S/C21H30FN3O3/c1-14-5-6-18(11-19(14)22)21(27)24-9-7-23(8-10-24)17(4)20(26)25-12-15(2)28-16(3)13-25/h5-6,11,15-17H,7-10,12-13H2,1-4H3. The normalized spacial score (nSPS) is 24.9. The van der Waals surface area contributed by atoms with Gasteiger partial charge in [0.1, 0.15) is 5.82 Å². The van der Waals surface area contributed by atoms with E-state index in [4.69, 9.17) is 4.74 Å². The van der Waals surface area contributed by atoms with Crippen LogP contribution in [0.5, 0.6) is 0 Å². The van der Waals surface area contributed by atoms with E-state index in [9.17, 15) is 14.0 Å². The van der Waals surface area contributed by atoms with Crippen LogP contribution in [0.1, 0.15) is 36.7 Å². The summed E-state index contributed by atoms with van der Waals surface area (Å²) in [5, 5.41) is 0. The van der Waals surface area contributed by atoms with Crippen molar-refractivity contribution in [2.45, 2.75) is 45.9 Å². The summed E-state index contributed by atoms with van der Waals surface area (Å²) in [6.45, 7) is 11.1. The summed E-state index contributed by atoms with van der Waals surface area (Å²) in [5.41, 5.74) is 0.900. The van der Waals surface area contributed by atoms with Crippen LogP contribution in [-0.2, 0) is 9.53 Å². The first-order valence-corrected chi connectivity index (χ1v) is 10.00. The minimum Gasteiger partial charge on any atom is -0.372 e. The molecule has 3 unspecified atom stereocenters. The summed E-state index contributed by atoms with van der Waals surface area (Å²) in [6, 6.07) is 4.37. The number of amides is 2. The Hall–Kier alpha value is -1.99. The molecule has 1 aromatic carbocycles. The molecule has 0 bridgehead atoms. The molecule has 7 heteroatoms. The molecule has 154 valence electrons. The van der Waals surface area contributed by atoms with E-state index < -0.39 is 0 Å². The van der Waals surface area contributed by atoms with Crippen LogP contribution in [0.15, 0.2) is 18.2 Å². The maximum atomic E-state index is 13.8. The van der Waals surface area contributed by atoms with Crippen molar-refractivity contribution in [3.63, 3.8) is 0 Å². The number of morpholine rings is 1. The highest BCUT2D eigenvalue weighted by Crippen LogP contribution is 2.17. The van der Waals surface area contributed by atoms with Crippen LogP contribution in [0.25, 0.3) is 0 Å². The minimum atomic E-state index is -0.363. The number of nitrogens with zero attached hydrogens (tertiary/aromatic N) is 3. The zero-order valence-electron chi connectivity index (χ0n) is 17.2. The van der Waals surface area contributed by atoms with Gasteiger partial charge in [-0.25, -0.2) is 4.39 Å². The van der Waals surface area contributed by atoms with Gasteiger partial charge < -0.3 is 14.5 Å². The minimum absolute atomic E-state index is 0.0456. The average molecular weight is 391 g/mol. The molecule has 0 saturated carbocycles. The second kappa shape index (κ2) is 8.57. The molecule has 1 aromatic rings. The van der Waals surface area contributed by atoms with Crippen molar-refractivity contribution in [2.24, 2.45) is 0 Å². The predicted molar refractivity (Wildman–Crippen MR) is 105 cm³/mol. The first-order chi connectivity index (χ1) is 13.3. The van der Waals surface area contributed by atoms with E-state index in [0.29, 0.717) is 50.4 Å². The van der Waals surface area contributed by atoms with Gasteiger partial charge in [0, 0.05) is 44.8 Å². The highest BCUT2D eigenvalue weighted by molar-refractivity contribution is 5.94. The van der Waals surface area contributed by atoms with Crippen LogP contribution in [0.4, 0.5) is 4.39 Å². The van der Waals surface area contributed by atoms with Crippen LogP contribution in [0, 0.1) is 12.7 Å². The maximum Gasteiger partial charge on any atom is 0.254 e. The second-order valence-corrected chi connectivity index (χ2v) is 7.97. The fraction of sp³-hybridized carbons (Fsp3) is 0.619. The monoisotopic (exact) mass is 391 g/mol. The number of carbonyl (C=O) groups excluding carboxylic acids is 2. The van der Waals surface area contributed by atoms with Gasteiger partial charge in [-0.3, -0.25) is 14.5 Å². The Balaban J connectivity index is 1.56. The molecule has 2 fully saturated rings. The molecule has 2 heterocycles. The molecule has 2 aliphatic rings. The number of rotatable bonds is 3. The maximum absolute atomic E-state index is 13.8. The largest absolute Gasteiger partial charge is 0.372 e. The second-order valence-electron chi connectivity index (χ2n) is 7.97. The van der Waals surface area contributed by atoms with Gasteiger partial charge >= 0.3 is 0 Å². The Bertz CT molecular complexity index is 724. The summed E-state index contributed by atoms with van der Waals surface area (Å²) in [4.78, 5) is 31.3. The van der Waals surface area contributed by atoms with Crippen molar-refractivity contribution in [1.82, 2.24) is 14.7 Å². The number of carbonyl (C=O) groups is 2. The van der Waals surface area contributed by atoms with E-state index in [1.165, 1.54) is 6.07 Å². The lowest BCUT2D eigenvalue weighted by atomic mass is 10.1. The highest BCUT2D eigenvalue weighted by Gasteiger charge is 2.33. The molecule has 0 N–H and O–H groups in total. The number of hydrogen-bond donors (Lipinski definition) is 0. The summed E-state index contributed by atoms with van der Waals surface area (Å²) < 4.78 is 19.5. The molecule has 6 nitrogen and oxygen atoms in total. The number of benzene rings is 1. The summed E-state index contributed by atoms with van der Waals surface area (Å²) in [7, 11) is 0. The molecule has 2 saturated heterocycles. The van der Waals surface area contributed by atoms with Crippen LogP contribution >= 0.6 is 0 Å². The van der Waals surface area contributed by atoms with Gasteiger partial charge in [0.15, 0.2) is 0 Å². The van der Waals surface area contributed by atoms with Crippen LogP contribution in [-0.4, -0.2) is 84.0 Å². The Morgan fingerprint density at radius 2 is 1.68 bits per heavy atom. The van der Waals surface area contributed by atoms with Gasteiger partial charge in [0.25, 0.3) is 5.91 Å². The lowest BCUT2D eigenvalue weighted by Crippen LogP contribution is -2.58. The predicted octanol–water partition coefficient (Wildman–Crippen LogP) is 1.92. The van der Waals surface area contributed by atoms with Crippen molar-refractivity contribution < 1.29 is 18.7 Å². The molecule has 0 aliphatic carbocycles. The van der Waals surface area contributed by atoms with Crippen LogP contribution in [0.3, 0.4) is 0 Å². The molecular formula is C21H30FN3O3. The zero-order valence-corrected chi connectivity index (χ0v) is 17.2. The van der Waals surface area contributed by atoms with Crippen molar-refractivity contribution in [3.8, 4) is 0 Å². The lowest BCUT2D eigenvalue weighted by molar-refractivity contribution is -0.148. The molecule has 0 spiro atoms. The van der Waals surface area contributed by atoms with Gasteiger partial charge in [-0.15, -0.1) is 0 Å². The smallest absolute Gasteiger partial charge is 0.254 e. The van der Waals surface area contributed by atoms with Crippen molar-refractivity contribution >= 4 is 11.8 Å². The van der Waals surface area contributed by atoms with Crippen LogP contribution < -0.4 is 0 Å². The van der Waals surface area contributed by atoms with E-state index in [1.54, 1.807) is 24.0 Å². The first kappa shape index (κ1) is 20.7. The van der Waals surface area contributed by atoms with Crippen LogP contribution in [0.2, 0.25) is 0 Å². The number of hydrogen-bond acceptors (Lipinski definition) is 4. The summed E-state index contributed by atoms with van der Waals surface area (Å²) >= 11 is 0. The number of halogens is 1. The van der Waals surface area contributed by atoms with E-state index in [-0.39, 0.29) is 35.9 Å². The summed E-state index contributed by atoms with van der Waals surface area (Å²) in [6.07, 6.45) is 0.0912. The van der Waals surface area contributed by atoms with E-state index in [2.05, 4.69) is 4.90 Å². The Labute approximate surface area is 166 Å². The third kappa shape index (κ3) is 4.52. The Morgan fingerprint density at radius 1 is 1.07 bits per heavy atom. The number of aryl methyl sites for hydroxylation is 1. The Kier molecular flexibility index (Phi) is 6.35. The zero-order chi connectivity index (χ0) is 20.4. The molecule has 0 aromatic heterocycles. The van der Waals surface area contributed by atoms with Gasteiger partial charge in [-0.2, -0.15) is 0 Å². The molecule has 28 heavy (non-hydrogen) atoms. The quantitative estimate of drug-likeness (QED) is 0.790. The van der Waals surface area contributed by atoms with Gasteiger partial charge in [0.05, 0.1) is 18.2 Å². The van der Waals surface area contributed by atoms with E-state index in [1.807, 2.05) is 25.7 Å². The number of piperazine rings is 1. The molecule has 3 atom stereocenters. The molecule has 0 radical (unpaired) electrons. The lowest BCUT2D eigenvalue weighted by Gasteiger charge is -2.41. The summed E-state index contributed by atoms with van der Waals surface area (Å²) in [5.74, 6) is -0.409. The molecular weight excluding hydrogens is 361 g/mol. The highest BCUT2D eigenvalue weighted by atomic mass is 19.1. The Morgan fingerprint density at radius 3 is 2.25 bits per heavy atom. The van der Waals surface area contributed by atoms with Gasteiger partial charge in [0.2, 0.25) is 5.91 Å². The van der Waals surface area contributed by atoms with E-state index in [0.717, 1.165) is 0 Å². The van der Waals surface area contributed by atoms with Gasteiger partial charge in [-0.1, -0.05) is 6.07 Å². The van der Waals surface area contributed by atoms with E-state index >= 15 is 0 Å². The molecule has 2 aliphatic heterocycles. The third-order valence-corrected chi connectivity index (χ3v) is 5.66. The third-order valence-electron chi connectivity index (χ3n) is 5.66. The topological polar surface area (TPSA) is 53.1 Å². The average Bonchev–Trinajstić information content (AvgIpc) is 2.67.